The van der Waals surface area contributed by atoms with Crippen LogP contribution in [0.5, 0.6) is 11.5 Å². The Kier molecular flexibility index (Phi) is 6.23. The van der Waals surface area contributed by atoms with Gasteiger partial charge >= 0.3 is 0 Å². The minimum atomic E-state index is -0.467. The number of piperidine rings is 1. The highest BCUT2D eigenvalue weighted by Crippen LogP contribution is 2.36. The van der Waals surface area contributed by atoms with Crippen LogP contribution in [0.3, 0.4) is 0 Å². The summed E-state index contributed by atoms with van der Waals surface area (Å²) in [5.41, 5.74) is 0.932. The molecule has 8 heteroatoms. The van der Waals surface area contributed by atoms with Crippen molar-refractivity contribution in [1.29, 1.82) is 0 Å². The Morgan fingerprint density at radius 3 is 2.53 bits per heavy atom. The number of likely N-dealkylation sites (tertiary alicyclic amines) is 1. The van der Waals surface area contributed by atoms with E-state index in [0.29, 0.717) is 13.1 Å². The molecule has 0 unspecified atom stereocenters. The number of aromatic nitrogens is 2. The summed E-state index contributed by atoms with van der Waals surface area (Å²) < 4.78 is 24.4. The maximum atomic E-state index is 13.6. The van der Waals surface area contributed by atoms with Crippen molar-refractivity contribution < 1.29 is 18.7 Å². The highest BCUT2D eigenvalue weighted by atomic mass is 32.1. The van der Waals surface area contributed by atoms with E-state index in [-0.39, 0.29) is 24.2 Å². The molecular formula is C22H22FN3O3S. The SMILES string of the molecule is COc1ccccc1-c1nnc(C2CCN(C(=O)COc3ccccc3F)CC2)s1. The number of methoxy groups -OCH3 is 1. The van der Waals surface area contributed by atoms with E-state index < -0.39 is 5.82 Å². The fourth-order valence-electron chi connectivity index (χ4n) is 3.50. The number of benzene rings is 2. The molecule has 1 aromatic heterocycles. The lowest BCUT2D eigenvalue weighted by Gasteiger charge is -2.30. The molecule has 156 valence electrons. The molecule has 0 aliphatic carbocycles. The standard InChI is InChI=1S/C22H22FN3O3S/c1-28-18-8-4-2-6-16(18)22-25-24-21(30-22)15-10-12-26(13-11-15)20(27)14-29-19-9-5-3-7-17(19)23/h2-9,15H,10-14H2,1H3. The van der Waals surface area contributed by atoms with E-state index >= 15 is 0 Å². The van der Waals surface area contributed by atoms with Gasteiger partial charge in [-0.15, -0.1) is 10.2 Å². The number of para-hydroxylation sites is 2. The first-order chi connectivity index (χ1) is 14.7. The Labute approximate surface area is 178 Å². The van der Waals surface area contributed by atoms with Crippen LogP contribution in [-0.4, -0.2) is 47.8 Å². The number of hydrogen-bond donors (Lipinski definition) is 0. The van der Waals surface area contributed by atoms with Gasteiger partial charge in [-0.1, -0.05) is 35.6 Å². The van der Waals surface area contributed by atoms with Crippen molar-refractivity contribution in [2.75, 3.05) is 26.8 Å². The molecule has 0 bridgehead atoms. The first kappa shape index (κ1) is 20.3. The minimum Gasteiger partial charge on any atom is -0.496 e. The van der Waals surface area contributed by atoms with Gasteiger partial charge in [0.2, 0.25) is 0 Å². The molecule has 0 saturated carbocycles. The molecule has 1 amide bonds. The zero-order chi connectivity index (χ0) is 20.9. The molecule has 0 spiro atoms. The third kappa shape index (κ3) is 4.43. The molecule has 3 aromatic rings. The highest BCUT2D eigenvalue weighted by molar-refractivity contribution is 7.14. The van der Waals surface area contributed by atoms with E-state index in [0.717, 1.165) is 34.2 Å². The van der Waals surface area contributed by atoms with Crippen LogP contribution < -0.4 is 9.47 Å². The predicted octanol–water partition coefficient (Wildman–Crippen LogP) is 4.14. The Morgan fingerprint density at radius 2 is 1.80 bits per heavy atom. The zero-order valence-corrected chi connectivity index (χ0v) is 17.4. The quantitative estimate of drug-likeness (QED) is 0.592. The van der Waals surface area contributed by atoms with Crippen molar-refractivity contribution in [2.24, 2.45) is 0 Å². The molecule has 1 aliphatic heterocycles. The van der Waals surface area contributed by atoms with Crippen molar-refractivity contribution in [1.82, 2.24) is 15.1 Å². The van der Waals surface area contributed by atoms with Gasteiger partial charge < -0.3 is 14.4 Å². The number of halogens is 1. The molecule has 6 nitrogen and oxygen atoms in total. The second-order valence-electron chi connectivity index (χ2n) is 7.02. The van der Waals surface area contributed by atoms with Crippen LogP contribution in [0.15, 0.2) is 48.5 Å². The second-order valence-corrected chi connectivity index (χ2v) is 8.03. The summed E-state index contributed by atoms with van der Waals surface area (Å²) in [5.74, 6) is 0.534. The van der Waals surface area contributed by atoms with E-state index in [1.165, 1.54) is 12.1 Å². The van der Waals surface area contributed by atoms with Gasteiger partial charge in [-0.2, -0.15) is 0 Å². The number of amides is 1. The average molecular weight is 428 g/mol. The van der Waals surface area contributed by atoms with E-state index in [1.54, 1.807) is 35.5 Å². The molecule has 0 radical (unpaired) electrons. The van der Waals surface area contributed by atoms with Crippen LogP contribution in [0.4, 0.5) is 4.39 Å². The summed E-state index contributed by atoms with van der Waals surface area (Å²) in [6, 6.07) is 13.8. The van der Waals surface area contributed by atoms with Crippen molar-refractivity contribution >= 4 is 17.2 Å². The Balaban J connectivity index is 1.33. The zero-order valence-electron chi connectivity index (χ0n) is 16.6. The van der Waals surface area contributed by atoms with Gasteiger partial charge in [0.1, 0.15) is 10.8 Å². The van der Waals surface area contributed by atoms with Crippen molar-refractivity contribution in [3.8, 4) is 22.1 Å². The summed E-state index contributed by atoms with van der Waals surface area (Å²) in [7, 11) is 1.64. The van der Waals surface area contributed by atoms with Gasteiger partial charge in [-0.05, 0) is 37.1 Å². The van der Waals surface area contributed by atoms with Gasteiger partial charge in [0, 0.05) is 19.0 Å². The number of rotatable bonds is 6. The van der Waals surface area contributed by atoms with Gasteiger partial charge in [0.25, 0.3) is 5.91 Å². The maximum absolute atomic E-state index is 13.6. The van der Waals surface area contributed by atoms with E-state index in [1.807, 2.05) is 24.3 Å². The van der Waals surface area contributed by atoms with Gasteiger partial charge in [0.05, 0.1) is 12.7 Å². The summed E-state index contributed by atoms with van der Waals surface area (Å²) in [6.45, 7) is 1.07. The van der Waals surface area contributed by atoms with Crippen LogP contribution in [0.2, 0.25) is 0 Å². The predicted molar refractivity (Wildman–Crippen MR) is 112 cm³/mol. The Morgan fingerprint density at radius 1 is 1.10 bits per heavy atom. The Bertz CT molecular complexity index is 1020. The molecule has 1 aliphatic rings. The number of ether oxygens (including phenoxy) is 2. The smallest absolute Gasteiger partial charge is 0.260 e. The monoisotopic (exact) mass is 427 g/mol. The number of carbonyl (C=O) groups excluding carboxylic acids is 1. The normalized spacial score (nSPS) is 14.5. The first-order valence-corrected chi connectivity index (χ1v) is 10.6. The van der Waals surface area contributed by atoms with Crippen molar-refractivity contribution in [3.63, 3.8) is 0 Å². The third-order valence-corrected chi connectivity index (χ3v) is 6.28. The molecule has 2 heterocycles. The Hall–Kier alpha value is -3.00. The van der Waals surface area contributed by atoms with Crippen LogP contribution in [0.1, 0.15) is 23.8 Å². The van der Waals surface area contributed by atoms with Crippen LogP contribution in [0.25, 0.3) is 10.6 Å². The van der Waals surface area contributed by atoms with E-state index in [9.17, 15) is 9.18 Å². The molecule has 2 aromatic carbocycles. The lowest BCUT2D eigenvalue weighted by atomic mass is 9.98. The van der Waals surface area contributed by atoms with Crippen LogP contribution in [0, 0.1) is 5.82 Å². The lowest BCUT2D eigenvalue weighted by Crippen LogP contribution is -2.40. The maximum Gasteiger partial charge on any atom is 0.260 e. The fourth-order valence-corrected chi connectivity index (χ4v) is 4.54. The molecule has 0 N–H and O–H groups in total. The highest BCUT2D eigenvalue weighted by Gasteiger charge is 2.27. The van der Waals surface area contributed by atoms with Crippen molar-refractivity contribution in [3.05, 3.63) is 59.4 Å². The van der Waals surface area contributed by atoms with Crippen LogP contribution >= 0.6 is 11.3 Å². The first-order valence-electron chi connectivity index (χ1n) is 9.77. The second kappa shape index (κ2) is 9.21. The van der Waals surface area contributed by atoms with Gasteiger partial charge in [-0.3, -0.25) is 4.79 Å². The molecule has 0 atom stereocenters. The topological polar surface area (TPSA) is 64.6 Å². The average Bonchev–Trinajstić information content (AvgIpc) is 3.28. The number of carbonyl (C=O) groups is 1. The summed E-state index contributed by atoms with van der Waals surface area (Å²) >= 11 is 1.57. The lowest BCUT2D eigenvalue weighted by molar-refractivity contribution is -0.134. The van der Waals surface area contributed by atoms with Crippen LogP contribution in [-0.2, 0) is 4.79 Å². The van der Waals surface area contributed by atoms with Gasteiger partial charge in [0.15, 0.2) is 23.2 Å². The molecular weight excluding hydrogens is 405 g/mol. The van der Waals surface area contributed by atoms with E-state index in [2.05, 4.69) is 10.2 Å². The largest absolute Gasteiger partial charge is 0.496 e. The fraction of sp³-hybridized carbons (Fsp3) is 0.318. The molecule has 4 rings (SSSR count). The number of hydrogen-bond acceptors (Lipinski definition) is 6. The summed E-state index contributed by atoms with van der Waals surface area (Å²) in [4.78, 5) is 14.2. The molecule has 1 saturated heterocycles. The summed E-state index contributed by atoms with van der Waals surface area (Å²) in [6.07, 6.45) is 1.62. The van der Waals surface area contributed by atoms with Gasteiger partial charge in [-0.25, -0.2) is 4.39 Å². The van der Waals surface area contributed by atoms with Crippen molar-refractivity contribution in [2.45, 2.75) is 18.8 Å². The third-order valence-electron chi connectivity index (χ3n) is 5.16. The summed E-state index contributed by atoms with van der Waals surface area (Å²) in [5, 5.41) is 10.5. The number of nitrogens with zero attached hydrogens (tertiary/aromatic N) is 3. The minimum absolute atomic E-state index is 0.0958. The molecule has 30 heavy (non-hydrogen) atoms. The van der Waals surface area contributed by atoms with E-state index in [4.69, 9.17) is 9.47 Å². The molecule has 1 fully saturated rings.